The Morgan fingerprint density at radius 1 is 1.20 bits per heavy atom. The molecule has 1 amide bonds. The quantitative estimate of drug-likeness (QED) is 0.895. The average molecular weight is 339 g/mol. The summed E-state index contributed by atoms with van der Waals surface area (Å²) in [5, 5.41) is 7.46. The highest BCUT2D eigenvalue weighted by atomic mass is 16.2. The van der Waals surface area contributed by atoms with Gasteiger partial charge >= 0.3 is 0 Å². The van der Waals surface area contributed by atoms with Gasteiger partial charge in [0.2, 0.25) is 5.91 Å². The number of carbonyl (C=O) groups excluding carboxylic acids is 1. The number of carbonyl (C=O) groups is 1. The van der Waals surface area contributed by atoms with Gasteiger partial charge in [0.25, 0.3) is 0 Å². The predicted molar refractivity (Wildman–Crippen MR) is 99.9 cm³/mol. The lowest BCUT2D eigenvalue weighted by Crippen LogP contribution is -2.41. The fourth-order valence-electron chi connectivity index (χ4n) is 3.74. The second-order valence-electron chi connectivity index (χ2n) is 7.12. The first-order chi connectivity index (χ1) is 12.2. The van der Waals surface area contributed by atoms with Crippen LogP contribution in [0, 0.1) is 12.8 Å². The van der Waals surface area contributed by atoms with Crippen LogP contribution in [0.5, 0.6) is 0 Å². The topological polar surface area (TPSA) is 70.2 Å². The Morgan fingerprint density at radius 2 is 1.96 bits per heavy atom. The standard InChI is InChI=1S/C19H25N5O/c1-12-17-15(11-22-18(12)20-2)21-8-5-16(17)24-9-6-13(7-10-24)19(25)23-14-3-4-14/h5,8,11,13-14H,3-4,6-7,9-10H2,1-2H3,(H,20,22)(H,23,25). The van der Waals surface area contributed by atoms with E-state index in [9.17, 15) is 4.79 Å². The third kappa shape index (κ3) is 3.13. The van der Waals surface area contributed by atoms with Crippen LogP contribution in [0.4, 0.5) is 11.5 Å². The fraction of sp³-hybridized carbons (Fsp3) is 0.526. The van der Waals surface area contributed by atoms with Crippen LogP contribution in [0.25, 0.3) is 10.9 Å². The van der Waals surface area contributed by atoms with E-state index in [0.717, 1.165) is 61.1 Å². The van der Waals surface area contributed by atoms with Crippen molar-refractivity contribution in [2.45, 2.75) is 38.6 Å². The van der Waals surface area contributed by atoms with Crippen molar-refractivity contribution >= 4 is 28.3 Å². The van der Waals surface area contributed by atoms with E-state index in [4.69, 9.17) is 0 Å². The highest BCUT2D eigenvalue weighted by molar-refractivity contribution is 5.96. The molecule has 1 aliphatic heterocycles. The Labute approximate surface area is 148 Å². The van der Waals surface area contributed by atoms with Gasteiger partial charge in [0.15, 0.2) is 0 Å². The number of pyridine rings is 2. The summed E-state index contributed by atoms with van der Waals surface area (Å²) in [5.74, 6) is 1.29. The molecule has 2 N–H and O–H groups in total. The van der Waals surface area contributed by atoms with Crippen molar-refractivity contribution in [2.75, 3.05) is 30.4 Å². The van der Waals surface area contributed by atoms with Crippen molar-refractivity contribution in [3.63, 3.8) is 0 Å². The van der Waals surface area contributed by atoms with E-state index in [1.165, 1.54) is 5.69 Å². The number of nitrogens with one attached hydrogen (secondary N) is 2. The molecule has 0 unspecified atom stereocenters. The molecule has 2 fully saturated rings. The Kier molecular flexibility index (Phi) is 4.19. The van der Waals surface area contributed by atoms with Crippen LogP contribution in [0.3, 0.4) is 0 Å². The lowest BCUT2D eigenvalue weighted by atomic mass is 9.95. The normalized spacial score (nSPS) is 18.4. The second-order valence-corrected chi connectivity index (χ2v) is 7.12. The smallest absolute Gasteiger partial charge is 0.223 e. The molecule has 3 heterocycles. The Hall–Kier alpha value is -2.37. The number of amides is 1. The van der Waals surface area contributed by atoms with Gasteiger partial charge in [-0.1, -0.05) is 0 Å². The van der Waals surface area contributed by atoms with Gasteiger partial charge in [-0.25, -0.2) is 4.98 Å². The molecule has 25 heavy (non-hydrogen) atoms. The van der Waals surface area contributed by atoms with Crippen molar-refractivity contribution in [3.8, 4) is 0 Å². The maximum Gasteiger partial charge on any atom is 0.223 e. The highest BCUT2D eigenvalue weighted by Gasteiger charge is 2.30. The fourth-order valence-corrected chi connectivity index (χ4v) is 3.74. The lowest BCUT2D eigenvalue weighted by molar-refractivity contribution is -0.125. The van der Waals surface area contributed by atoms with Crippen LogP contribution < -0.4 is 15.5 Å². The molecule has 6 nitrogen and oxygen atoms in total. The third-order valence-electron chi connectivity index (χ3n) is 5.37. The molecule has 0 radical (unpaired) electrons. The van der Waals surface area contributed by atoms with Crippen LogP contribution >= 0.6 is 0 Å². The van der Waals surface area contributed by atoms with Crippen molar-refractivity contribution in [3.05, 3.63) is 24.0 Å². The van der Waals surface area contributed by atoms with E-state index in [-0.39, 0.29) is 11.8 Å². The van der Waals surface area contributed by atoms with E-state index in [1.54, 1.807) is 0 Å². The predicted octanol–water partition coefficient (Wildman–Crippen LogP) is 2.47. The largest absolute Gasteiger partial charge is 0.373 e. The molecular formula is C19H25N5O. The SMILES string of the molecule is CNc1ncc2nccc(N3CCC(C(=O)NC4CC4)CC3)c2c1C. The summed E-state index contributed by atoms with van der Waals surface area (Å²) in [6, 6.07) is 2.53. The zero-order valence-electron chi connectivity index (χ0n) is 14.9. The molecular weight excluding hydrogens is 314 g/mol. The molecule has 0 aromatic carbocycles. The molecule has 0 atom stereocenters. The molecule has 1 saturated carbocycles. The summed E-state index contributed by atoms with van der Waals surface area (Å²) in [5.41, 5.74) is 3.24. The van der Waals surface area contributed by atoms with Crippen molar-refractivity contribution < 1.29 is 4.79 Å². The maximum absolute atomic E-state index is 12.3. The van der Waals surface area contributed by atoms with Crippen LogP contribution in [0.15, 0.2) is 18.5 Å². The molecule has 2 aromatic rings. The van der Waals surface area contributed by atoms with Crippen LogP contribution in [-0.4, -0.2) is 42.1 Å². The molecule has 1 saturated heterocycles. The molecule has 2 aromatic heterocycles. The first-order valence-electron chi connectivity index (χ1n) is 9.14. The minimum Gasteiger partial charge on any atom is -0.373 e. The summed E-state index contributed by atoms with van der Waals surface area (Å²) in [6.07, 6.45) is 7.79. The number of hydrogen-bond donors (Lipinski definition) is 2. The first kappa shape index (κ1) is 16.1. The molecule has 2 aliphatic rings. The van der Waals surface area contributed by atoms with Crippen LogP contribution in [-0.2, 0) is 4.79 Å². The van der Waals surface area contributed by atoms with Crippen LogP contribution in [0.2, 0.25) is 0 Å². The van der Waals surface area contributed by atoms with Gasteiger partial charge in [-0.2, -0.15) is 0 Å². The first-order valence-corrected chi connectivity index (χ1v) is 9.14. The molecule has 6 heteroatoms. The Balaban J connectivity index is 1.55. The number of hydrogen-bond acceptors (Lipinski definition) is 5. The van der Waals surface area contributed by atoms with E-state index >= 15 is 0 Å². The van der Waals surface area contributed by atoms with Crippen molar-refractivity contribution in [1.29, 1.82) is 0 Å². The van der Waals surface area contributed by atoms with Crippen molar-refractivity contribution in [2.24, 2.45) is 5.92 Å². The second kappa shape index (κ2) is 6.50. The number of fused-ring (bicyclic) bond motifs is 1. The van der Waals surface area contributed by atoms with Gasteiger partial charge in [-0.15, -0.1) is 0 Å². The molecule has 132 valence electrons. The monoisotopic (exact) mass is 339 g/mol. The summed E-state index contributed by atoms with van der Waals surface area (Å²) in [6.45, 7) is 3.89. The molecule has 0 spiro atoms. The lowest BCUT2D eigenvalue weighted by Gasteiger charge is -2.34. The maximum atomic E-state index is 12.3. The number of aryl methyl sites for hydroxylation is 1. The minimum atomic E-state index is 0.153. The highest BCUT2D eigenvalue weighted by Crippen LogP contribution is 2.33. The minimum absolute atomic E-state index is 0.153. The van der Waals surface area contributed by atoms with Crippen molar-refractivity contribution in [1.82, 2.24) is 15.3 Å². The molecule has 4 rings (SSSR count). The van der Waals surface area contributed by atoms with Gasteiger partial charge in [-0.05, 0) is 38.7 Å². The van der Waals surface area contributed by atoms with Gasteiger partial charge < -0.3 is 15.5 Å². The third-order valence-corrected chi connectivity index (χ3v) is 5.37. The number of anilines is 2. The van der Waals surface area contributed by atoms with Gasteiger partial charge in [-0.3, -0.25) is 9.78 Å². The number of rotatable bonds is 4. The molecule has 1 aliphatic carbocycles. The van der Waals surface area contributed by atoms with E-state index in [1.807, 2.05) is 19.4 Å². The van der Waals surface area contributed by atoms with E-state index < -0.39 is 0 Å². The van der Waals surface area contributed by atoms with Crippen LogP contribution in [0.1, 0.15) is 31.2 Å². The Morgan fingerprint density at radius 3 is 2.64 bits per heavy atom. The summed E-state index contributed by atoms with van der Waals surface area (Å²) in [7, 11) is 1.89. The number of piperidine rings is 1. The zero-order valence-corrected chi connectivity index (χ0v) is 14.9. The zero-order chi connectivity index (χ0) is 17.4. The van der Waals surface area contributed by atoms with Gasteiger partial charge in [0.05, 0.1) is 11.7 Å². The van der Waals surface area contributed by atoms with Gasteiger partial charge in [0, 0.05) is 54.9 Å². The van der Waals surface area contributed by atoms with E-state index in [2.05, 4.69) is 38.5 Å². The number of aromatic nitrogens is 2. The van der Waals surface area contributed by atoms with Gasteiger partial charge in [0.1, 0.15) is 5.82 Å². The Bertz CT molecular complexity index is 794. The summed E-state index contributed by atoms with van der Waals surface area (Å²) < 4.78 is 0. The summed E-state index contributed by atoms with van der Waals surface area (Å²) >= 11 is 0. The number of nitrogens with zero attached hydrogens (tertiary/aromatic N) is 3. The van der Waals surface area contributed by atoms with E-state index in [0.29, 0.717) is 6.04 Å². The average Bonchev–Trinajstić information content (AvgIpc) is 3.46. The molecule has 0 bridgehead atoms. The summed E-state index contributed by atoms with van der Waals surface area (Å²) in [4.78, 5) is 23.6.